The fourth-order valence-electron chi connectivity index (χ4n) is 2.79. The van der Waals surface area contributed by atoms with E-state index in [2.05, 4.69) is 42.3 Å². The molecule has 1 unspecified atom stereocenters. The maximum atomic E-state index is 5.30. The highest BCUT2D eigenvalue weighted by atomic mass is 16.5. The number of piperazine rings is 1. The van der Waals surface area contributed by atoms with Gasteiger partial charge in [0.15, 0.2) is 0 Å². The maximum Gasteiger partial charge on any atom is 0.119 e. The Balaban J connectivity index is 2.01. The van der Waals surface area contributed by atoms with E-state index in [0.717, 1.165) is 37.8 Å². The van der Waals surface area contributed by atoms with Crippen LogP contribution in [0.2, 0.25) is 0 Å². The standard InChI is InChI=1S/C16H26N2O/c1-13(2)9-15-11-17-7-8-18(15)12-14-5-4-6-16(10-14)19-3/h4-6,10,13,15,17H,7-9,11-12H2,1-3H3. The quantitative estimate of drug-likeness (QED) is 0.882. The second-order valence-electron chi connectivity index (χ2n) is 5.81. The highest BCUT2D eigenvalue weighted by Crippen LogP contribution is 2.19. The van der Waals surface area contributed by atoms with Crippen molar-refractivity contribution >= 4 is 0 Å². The van der Waals surface area contributed by atoms with E-state index in [1.165, 1.54) is 12.0 Å². The molecule has 0 aromatic heterocycles. The largest absolute Gasteiger partial charge is 0.497 e. The lowest BCUT2D eigenvalue weighted by Crippen LogP contribution is -2.51. The molecule has 19 heavy (non-hydrogen) atoms. The number of nitrogens with zero attached hydrogens (tertiary/aromatic N) is 1. The molecule has 0 radical (unpaired) electrons. The summed E-state index contributed by atoms with van der Waals surface area (Å²) >= 11 is 0. The molecule has 1 aliphatic heterocycles. The average molecular weight is 262 g/mol. The van der Waals surface area contributed by atoms with Crippen molar-refractivity contribution in [2.24, 2.45) is 5.92 Å². The van der Waals surface area contributed by atoms with E-state index in [0.29, 0.717) is 6.04 Å². The molecule has 1 aliphatic rings. The van der Waals surface area contributed by atoms with E-state index in [-0.39, 0.29) is 0 Å². The van der Waals surface area contributed by atoms with Crippen LogP contribution in [-0.4, -0.2) is 37.7 Å². The number of methoxy groups -OCH3 is 1. The first-order chi connectivity index (χ1) is 9.19. The third-order valence-electron chi connectivity index (χ3n) is 3.74. The minimum Gasteiger partial charge on any atom is -0.497 e. The lowest BCUT2D eigenvalue weighted by atomic mass is 10.00. The third-order valence-corrected chi connectivity index (χ3v) is 3.74. The topological polar surface area (TPSA) is 24.5 Å². The SMILES string of the molecule is COc1cccc(CN2CCNCC2CC(C)C)c1. The van der Waals surface area contributed by atoms with Crippen molar-refractivity contribution < 1.29 is 4.74 Å². The molecule has 1 N–H and O–H groups in total. The number of benzene rings is 1. The molecule has 3 nitrogen and oxygen atoms in total. The van der Waals surface area contributed by atoms with Gasteiger partial charge in [-0.2, -0.15) is 0 Å². The summed E-state index contributed by atoms with van der Waals surface area (Å²) in [6.45, 7) is 8.97. The molecule has 106 valence electrons. The van der Waals surface area contributed by atoms with Gasteiger partial charge in [0.1, 0.15) is 5.75 Å². The van der Waals surface area contributed by atoms with Crippen molar-refractivity contribution in [3.8, 4) is 5.75 Å². The molecule has 0 aliphatic carbocycles. The fraction of sp³-hybridized carbons (Fsp3) is 0.625. The molecule has 3 heteroatoms. The molecule has 1 saturated heterocycles. The molecular weight excluding hydrogens is 236 g/mol. The van der Waals surface area contributed by atoms with Crippen LogP contribution in [0.25, 0.3) is 0 Å². The Morgan fingerprint density at radius 1 is 1.42 bits per heavy atom. The van der Waals surface area contributed by atoms with Crippen molar-refractivity contribution in [3.05, 3.63) is 29.8 Å². The molecule has 1 heterocycles. The molecule has 1 aromatic rings. The van der Waals surface area contributed by atoms with Crippen LogP contribution in [0.3, 0.4) is 0 Å². The van der Waals surface area contributed by atoms with Crippen LogP contribution in [0.15, 0.2) is 24.3 Å². The van der Waals surface area contributed by atoms with Gasteiger partial charge < -0.3 is 10.1 Å². The zero-order chi connectivity index (χ0) is 13.7. The fourth-order valence-corrected chi connectivity index (χ4v) is 2.79. The summed E-state index contributed by atoms with van der Waals surface area (Å²) in [4.78, 5) is 2.60. The van der Waals surface area contributed by atoms with E-state index in [9.17, 15) is 0 Å². The summed E-state index contributed by atoms with van der Waals surface area (Å²) in [5, 5.41) is 3.51. The van der Waals surface area contributed by atoms with E-state index in [4.69, 9.17) is 4.74 Å². The molecular formula is C16H26N2O. The van der Waals surface area contributed by atoms with Crippen molar-refractivity contribution in [3.63, 3.8) is 0 Å². The minimum atomic E-state index is 0.653. The second-order valence-corrected chi connectivity index (χ2v) is 5.81. The minimum absolute atomic E-state index is 0.653. The van der Waals surface area contributed by atoms with Crippen LogP contribution in [0.4, 0.5) is 0 Å². The van der Waals surface area contributed by atoms with Crippen molar-refractivity contribution in [2.45, 2.75) is 32.9 Å². The number of rotatable bonds is 5. The van der Waals surface area contributed by atoms with Crippen LogP contribution in [-0.2, 0) is 6.54 Å². The summed E-state index contributed by atoms with van der Waals surface area (Å²) in [7, 11) is 1.73. The lowest BCUT2D eigenvalue weighted by Gasteiger charge is -2.37. The Morgan fingerprint density at radius 3 is 3.00 bits per heavy atom. The van der Waals surface area contributed by atoms with Gasteiger partial charge in [-0.15, -0.1) is 0 Å². The summed E-state index contributed by atoms with van der Waals surface area (Å²) < 4.78 is 5.30. The van der Waals surface area contributed by atoms with E-state index >= 15 is 0 Å². The van der Waals surface area contributed by atoms with Gasteiger partial charge >= 0.3 is 0 Å². The van der Waals surface area contributed by atoms with Crippen LogP contribution in [0.5, 0.6) is 5.75 Å². The monoisotopic (exact) mass is 262 g/mol. The Labute approximate surface area is 116 Å². The molecule has 2 rings (SSSR count). The van der Waals surface area contributed by atoms with Crippen LogP contribution in [0, 0.1) is 5.92 Å². The summed E-state index contributed by atoms with van der Waals surface area (Å²) in [5.41, 5.74) is 1.34. The smallest absolute Gasteiger partial charge is 0.119 e. The Hall–Kier alpha value is -1.06. The lowest BCUT2D eigenvalue weighted by molar-refractivity contribution is 0.134. The Morgan fingerprint density at radius 2 is 2.26 bits per heavy atom. The zero-order valence-corrected chi connectivity index (χ0v) is 12.4. The number of ether oxygens (including phenoxy) is 1. The first-order valence-corrected chi connectivity index (χ1v) is 7.26. The Kier molecular flexibility index (Phi) is 5.23. The van der Waals surface area contributed by atoms with Gasteiger partial charge in [-0.25, -0.2) is 0 Å². The molecule has 0 amide bonds. The van der Waals surface area contributed by atoms with Crippen molar-refractivity contribution in [1.29, 1.82) is 0 Å². The molecule has 1 aromatic carbocycles. The number of hydrogen-bond acceptors (Lipinski definition) is 3. The summed E-state index contributed by atoms with van der Waals surface area (Å²) in [5.74, 6) is 1.70. The highest BCUT2D eigenvalue weighted by Gasteiger charge is 2.22. The van der Waals surface area contributed by atoms with Gasteiger partial charge in [0.05, 0.1) is 7.11 Å². The van der Waals surface area contributed by atoms with Gasteiger partial charge in [-0.3, -0.25) is 4.90 Å². The van der Waals surface area contributed by atoms with Gasteiger partial charge in [-0.05, 0) is 30.0 Å². The molecule has 0 spiro atoms. The van der Waals surface area contributed by atoms with Gasteiger partial charge in [0.2, 0.25) is 0 Å². The first kappa shape index (κ1) is 14.4. The normalized spacial score (nSPS) is 20.7. The number of hydrogen-bond donors (Lipinski definition) is 1. The van der Waals surface area contributed by atoms with Crippen LogP contribution >= 0.6 is 0 Å². The van der Waals surface area contributed by atoms with Crippen LogP contribution < -0.4 is 10.1 Å². The predicted molar refractivity (Wildman–Crippen MR) is 79.5 cm³/mol. The van der Waals surface area contributed by atoms with E-state index in [1.807, 2.05) is 6.07 Å². The predicted octanol–water partition coefficient (Wildman–Crippen LogP) is 2.52. The molecule has 0 saturated carbocycles. The van der Waals surface area contributed by atoms with Gasteiger partial charge in [0, 0.05) is 32.2 Å². The van der Waals surface area contributed by atoms with E-state index < -0.39 is 0 Å². The molecule has 1 atom stereocenters. The zero-order valence-electron chi connectivity index (χ0n) is 12.4. The highest BCUT2D eigenvalue weighted by molar-refractivity contribution is 5.28. The van der Waals surface area contributed by atoms with Crippen molar-refractivity contribution in [1.82, 2.24) is 10.2 Å². The Bertz CT molecular complexity index is 392. The van der Waals surface area contributed by atoms with Crippen molar-refractivity contribution in [2.75, 3.05) is 26.7 Å². The third kappa shape index (κ3) is 4.22. The summed E-state index contributed by atoms with van der Waals surface area (Å²) in [6.07, 6.45) is 1.26. The average Bonchev–Trinajstić information content (AvgIpc) is 2.41. The number of nitrogens with one attached hydrogen (secondary N) is 1. The van der Waals surface area contributed by atoms with Gasteiger partial charge in [0.25, 0.3) is 0 Å². The van der Waals surface area contributed by atoms with E-state index in [1.54, 1.807) is 7.11 Å². The molecule has 1 fully saturated rings. The second kappa shape index (κ2) is 6.92. The van der Waals surface area contributed by atoms with Crippen LogP contribution in [0.1, 0.15) is 25.8 Å². The molecule has 0 bridgehead atoms. The first-order valence-electron chi connectivity index (χ1n) is 7.26. The summed E-state index contributed by atoms with van der Waals surface area (Å²) in [6, 6.07) is 9.08. The maximum absolute atomic E-state index is 5.30. The van der Waals surface area contributed by atoms with Gasteiger partial charge in [-0.1, -0.05) is 26.0 Å².